The Morgan fingerprint density at radius 1 is 1.36 bits per heavy atom. The number of nitrogens with one attached hydrogen (secondary N) is 1. The molecule has 6 N–H and O–H groups in total. The molecule has 2 amide bonds. The summed E-state index contributed by atoms with van der Waals surface area (Å²) in [4.78, 5) is 41.4. The number of primary sulfonamides is 1. The largest absolute Gasteiger partial charge is 0.477 e. The third kappa shape index (κ3) is 4.53. The average molecular weight is 502 g/mol. The number of carbonyl (C=O) groups is 3. The van der Waals surface area contributed by atoms with Crippen molar-refractivity contribution in [3.8, 4) is 0 Å². The summed E-state index contributed by atoms with van der Waals surface area (Å²) in [6.07, 6.45) is 1.35. The molecule has 0 aliphatic carbocycles. The number of thioether (sulfide) groups is 1. The Balaban J connectivity index is 1.46. The lowest BCUT2D eigenvalue weighted by Crippen LogP contribution is -2.63. The van der Waals surface area contributed by atoms with Gasteiger partial charge in [-0.1, -0.05) is 13.8 Å². The van der Waals surface area contributed by atoms with E-state index in [1.54, 1.807) is 11.8 Å². The first-order chi connectivity index (χ1) is 15.4. The molecule has 3 saturated heterocycles. The molecule has 13 heteroatoms. The fourth-order valence-corrected chi connectivity index (χ4v) is 8.02. The predicted molar refractivity (Wildman–Crippen MR) is 122 cm³/mol. The quantitative estimate of drug-likeness (QED) is 0.309. The van der Waals surface area contributed by atoms with E-state index in [0.717, 1.165) is 6.42 Å². The molecule has 4 heterocycles. The number of likely N-dealkylation sites (tertiary alicyclic amines) is 1. The molecule has 0 aromatic rings. The Morgan fingerprint density at radius 3 is 2.64 bits per heavy atom. The number of sulfonamides is 1. The van der Waals surface area contributed by atoms with Gasteiger partial charge < -0.3 is 26.0 Å². The first kappa shape index (κ1) is 24.5. The molecule has 3 fully saturated rings. The van der Waals surface area contributed by atoms with Gasteiger partial charge in [-0.25, -0.2) is 18.4 Å². The first-order valence-corrected chi connectivity index (χ1v) is 13.7. The summed E-state index contributed by atoms with van der Waals surface area (Å²) in [5.41, 5.74) is 5.89. The van der Waals surface area contributed by atoms with Crippen LogP contribution in [-0.2, 0) is 24.4 Å². The Morgan fingerprint density at radius 2 is 2.06 bits per heavy atom. The number of nitrogens with zero attached hydrogens (tertiary/aromatic N) is 2. The highest BCUT2D eigenvalue weighted by molar-refractivity contribution is 8.03. The van der Waals surface area contributed by atoms with Gasteiger partial charge in [-0.3, -0.25) is 9.59 Å². The van der Waals surface area contributed by atoms with E-state index in [-0.39, 0.29) is 46.5 Å². The van der Waals surface area contributed by atoms with E-state index in [1.165, 1.54) is 16.7 Å². The maximum absolute atomic E-state index is 12.8. The van der Waals surface area contributed by atoms with Gasteiger partial charge in [0.15, 0.2) is 0 Å². The molecule has 7 atom stereocenters. The second kappa shape index (κ2) is 8.84. The lowest BCUT2D eigenvalue weighted by molar-refractivity contribution is -0.159. The van der Waals surface area contributed by atoms with Crippen molar-refractivity contribution in [3.05, 3.63) is 10.6 Å². The molecule has 0 bridgehead atoms. The number of carbonyl (C=O) groups excluding carboxylic acids is 2. The molecular weight excluding hydrogens is 470 g/mol. The van der Waals surface area contributed by atoms with Crippen molar-refractivity contribution in [2.45, 2.75) is 50.1 Å². The number of carboxylic acids is 1. The van der Waals surface area contributed by atoms with Crippen molar-refractivity contribution in [2.75, 3.05) is 25.4 Å². The molecule has 33 heavy (non-hydrogen) atoms. The van der Waals surface area contributed by atoms with E-state index in [9.17, 15) is 27.9 Å². The van der Waals surface area contributed by atoms with Gasteiger partial charge in [0.1, 0.15) is 5.70 Å². The highest BCUT2D eigenvalue weighted by Gasteiger charge is 2.60. The molecule has 184 valence electrons. The van der Waals surface area contributed by atoms with Gasteiger partial charge in [0, 0.05) is 41.7 Å². The minimum atomic E-state index is -3.76. The van der Waals surface area contributed by atoms with Gasteiger partial charge in [0.25, 0.3) is 0 Å². The van der Waals surface area contributed by atoms with Crippen molar-refractivity contribution in [1.82, 2.24) is 15.1 Å². The van der Waals surface area contributed by atoms with Crippen LogP contribution in [0.5, 0.6) is 0 Å². The second-order valence-electron chi connectivity index (χ2n) is 9.61. The summed E-state index contributed by atoms with van der Waals surface area (Å²) in [5, 5.41) is 18.3. The van der Waals surface area contributed by atoms with Gasteiger partial charge in [-0.15, -0.1) is 11.8 Å². The van der Waals surface area contributed by atoms with Crippen molar-refractivity contribution in [3.63, 3.8) is 0 Å². The van der Waals surface area contributed by atoms with Crippen molar-refractivity contribution in [2.24, 2.45) is 28.6 Å². The number of fused-ring (bicyclic) bond motifs is 1. The summed E-state index contributed by atoms with van der Waals surface area (Å²) in [6, 6.07) is -0.727. The van der Waals surface area contributed by atoms with Gasteiger partial charge in [0.2, 0.25) is 21.8 Å². The Kier molecular flexibility index (Phi) is 6.55. The molecule has 4 rings (SSSR count). The van der Waals surface area contributed by atoms with Crippen molar-refractivity contribution in [1.29, 1.82) is 0 Å². The van der Waals surface area contributed by atoms with Crippen LogP contribution in [0.1, 0.15) is 26.7 Å². The number of hydrogen-bond acceptors (Lipinski definition) is 8. The zero-order valence-electron chi connectivity index (χ0n) is 18.6. The second-order valence-corrected chi connectivity index (χ2v) is 12.6. The van der Waals surface area contributed by atoms with E-state index >= 15 is 0 Å². The maximum Gasteiger partial charge on any atom is 0.353 e. The molecule has 4 aliphatic heterocycles. The maximum atomic E-state index is 12.8. The summed E-state index contributed by atoms with van der Waals surface area (Å²) in [6.45, 7) is 5.28. The van der Waals surface area contributed by atoms with Crippen LogP contribution in [-0.4, -0.2) is 89.9 Å². The lowest BCUT2D eigenvalue weighted by atomic mass is 9.75. The van der Waals surface area contributed by atoms with E-state index in [0.29, 0.717) is 31.0 Å². The molecule has 0 spiro atoms. The molecular formula is C20H31N5O6S2. The van der Waals surface area contributed by atoms with E-state index in [2.05, 4.69) is 5.32 Å². The van der Waals surface area contributed by atoms with Gasteiger partial charge >= 0.3 is 5.97 Å². The third-order valence-corrected chi connectivity index (χ3v) is 9.62. The summed E-state index contributed by atoms with van der Waals surface area (Å²) in [5.74, 6) is -3.23. The SMILES string of the molecule is C[C@@H](CS(N)(=O)=O)[C@H]1C(=O)N2C(C(=O)O)=C(S[C@@H]3CN[C@H](C(=O)N4CC[C@H](N)C4)C3)[C@H](C)[C@@H]12. The minimum absolute atomic E-state index is 0.00908. The topological polar surface area (TPSA) is 176 Å². The molecule has 0 radical (unpaired) electrons. The Bertz CT molecular complexity index is 1000. The Labute approximate surface area is 197 Å². The fourth-order valence-electron chi connectivity index (χ4n) is 5.61. The van der Waals surface area contributed by atoms with Crippen LogP contribution >= 0.6 is 11.8 Å². The standard InChI is InChI=1S/C20H31N5O6S2/c1-9(8-33(22,30)31)14-15-10(2)17(16(20(28)29)25(15)19(14)27)32-12-5-13(23-6-12)18(26)24-4-3-11(21)7-24/h9-15,23H,3-8,21H2,1-2H3,(H,28,29)(H2,22,30,31)/t9-,10+,11-,12-,13-,14+,15-/m0/s1. The van der Waals surface area contributed by atoms with E-state index in [4.69, 9.17) is 10.9 Å². The molecule has 0 aromatic heterocycles. The highest BCUT2D eigenvalue weighted by Crippen LogP contribution is 2.52. The molecule has 4 aliphatic rings. The summed E-state index contributed by atoms with van der Waals surface area (Å²) in [7, 11) is -3.76. The highest BCUT2D eigenvalue weighted by atomic mass is 32.2. The minimum Gasteiger partial charge on any atom is -0.477 e. The van der Waals surface area contributed by atoms with Gasteiger partial charge in [0.05, 0.1) is 23.8 Å². The normalized spacial score (nSPS) is 35.1. The van der Waals surface area contributed by atoms with Crippen molar-refractivity contribution >= 4 is 39.6 Å². The number of β-lactam (4-membered cyclic amide) rings is 1. The van der Waals surface area contributed by atoms with Crippen LogP contribution in [0.3, 0.4) is 0 Å². The molecule has 0 aromatic carbocycles. The zero-order valence-corrected chi connectivity index (χ0v) is 20.3. The van der Waals surface area contributed by atoms with Crippen LogP contribution in [0.25, 0.3) is 0 Å². The molecule has 0 unspecified atom stereocenters. The number of carboxylic acid groups (broad SMARTS) is 1. The smallest absolute Gasteiger partial charge is 0.353 e. The van der Waals surface area contributed by atoms with E-state index < -0.39 is 33.9 Å². The van der Waals surface area contributed by atoms with Gasteiger partial charge in [-0.05, 0) is 18.8 Å². The number of rotatable bonds is 7. The van der Waals surface area contributed by atoms with Gasteiger partial charge in [-0.2, -0.15) is 0 Å². The van der Waals surface area contributed by atoms with Crippen LogP contribution in [0.4, 0.5) is 0 Å². The van der Waals surface area contributed by atoms with Crippen LogP contribution in [0.2, 0.25) is 0 Å². The molecule has 11 nitrogen and oxygen atoms in total. The lowest BCUT2D eigenvalue weighted by Gasteiger charge is -2.47. The fraction of sp³-hybridized carbons (Fsp3) is 0.750. The number of amides is 2. The monoisotopic (exact) mass is 501 g/mol. The number of nitrogens with two attached hydrogens (primary N) is 2. The Hall–Kier alpha value is -1.67. The summed E-state index contributed by atoms with van der Waals surface area (Å²) >= 11 is 1.40. The first-order valence-electron chi connectivity index (χ1n) is 11.1. The summed E-state index contributed by atoms with van der Waals surface area (Å²) < 4.78 is 23.1. The van der Waals surface area contributed by atoms with E-state index in [1.807, 2.05) is 6.92 Å². The predicted octanol–water partition coefficient (Wildman–Crippen LogP) is -1.29. The third-order valence-electron chi connectivity index (χ3n) is 7.12. The zero-order chi connectivity index (χ0) is 24.2. The number of hydrogen-bond donors (Lipinski definition) is 4. The van der Waals surface area contributed by atoms with Crippen molar-refractivity contribution < 1.29 is 27.9 Å². The average Bonchev–Trinajstić information content (AvgIpc) is 3.39. The van der Waals surface area contributed by atoms with Crippen LogP contribution in [0.15, 0.2) is 10.6 Å². The molecule has 0 saturated carbocycles. The number of aliphatic carboxylic acids is 1. The van der Waals surface area contributed by atoms with Crippen LogP contribution in [0, 0.1) is 17.8 Å². The van der Waals surface area contributed by atoms with Crippen LogP contribution < -0.4 is 16.2 Å².